The summed E-state index contributed by atoms with van der Waals surface area (Å²) in [6, 6.07) is 13.7. The van der Waals surface area contributed by atoms with E-state index in [1.807, 2.05) is 68.4 Å². The van der Waals surface area contributed by atoms with Gasteiger partial charge in [0.15, 0.2) is 0 Å². The maximum atomic E-state index is 12.0. The number of carbonyl (C=O) groups is 1. The summed E-state index contributed by atoms with van der Waals surface area (Å²) in [4.78, 5) is 14.0. The molecule has 0 aliphatic carbocycles. The molecule has 2 rings (SSSR count). The molecule has 0 atom stereocenters. The lowest BCUT2D eigenvalue weighted by Crippen LogP contribution is -2.21. The third kappa shape index (κ3) is 4.49. The first-order valence-corrected chi connectivity index (χ1v) is 7.82. The molecular formula is C17H20BrN3O. The summed E-state index contributed by atoms with van der Waals surface area (Å²) >= 11 is 3.46. The standard InChI is InChI=1S/C17H20BrN3O/c1-12-4-5-14(10-16(12)18)20-17(22)11-19-13-6-8-15(9-7-13)21(2)3/h4-10,19H,11H2,1-3H3,(H,20,22). The molecule has 0 saturated heterocycles. The first-order valence-electron chi connectivity index (χ1n) is 7.03. The largest absolute Gasteiger partial charge is 0.378 e. The van der Waals surface area contributed by atoms with Crippen molar-refractivity contribution in [3.8, 4) is 0 Å². The van der Waals surface area contributed by atoms with Gasteiger partial charge in [-0.05, 0) is 48.9 Å². The van der Waals surface area contributed by atoms with Crippen LogP contribution in [0.15, 0.2) is 46.9 Å². The van der Waals surface area contributed by atoms with Gasteiger partial charge in [-0.2, -0.15) is 0 Å². The van der Waals surface area contributed by atoms with Crippen LogP contribution in [0.4, 0.5) is 17.1 Å². The molecule has 1 amide bonds. The lowest BCUT2D eigenvalue weighted by atomic mass is 10.2. The zero-order valence-electron chi connectivity index (χ0n) is 13.0. The predicted molar refractivity (Wildman–Crippen MR) is 96.8 cm³/mol. The summed E-state index contributed by atoms with van der Waals surface area (Å²) in [5, 5.41) is 5.98. The van der Waals surface area contributed by atoms with E-state index in [1.54, 1.807) is 0 Å². The van der Waals surface area contributed by atoms with Crippen LogP contribution < -0.4 is 15.5 Å². The molecule has 0 saturated carbocycles. The van der Waals surface area contributed by atoms with Gasteiger partial charge in [0.1, 0.15) is 0 Å². The Morgan fingerprint density at radius 3 is 2.32 bits per heavy atom. The van der Waals surface area contributed by atoms with Crippen LogP contribution in [0.2, 0.25) is 0 Å². The molecule has 0 fully saturated rings. The van der Waals surface area contributed by atoms with Gasteiger partial charge in [0.25, 0.3) is 0 Å². The summed E-state index contributed by atoms with van der Waals surface area (Å²) < 4.78 is 0.984. The van der Waals surface area contributed by atoms with Crippen LogP contribution in [0.1, 0.15) is 5.56 Å². The molecule has 5 heteroatoms. The zero-order chi connectivity index (χ0) is 16.1. The van der Waals surface area contributed by atoms with Crippen molar-refractivity contribution in [1.82, 2.24) is 0 Å². The molecule has 0 aliphatic rings. The number of rotatable bonds is 5. The second kappa shape index (κ2) is 7.31. The van der Waals surface area contributed by atoms with Gasteiger partial charge in [-0.3, -0.25) is 4.79 Å². The van der Waals surface area contributed by atoms with Crippen LogP contribution in [-0.4, -0.2) is 26.5 Å². The van der Waals surface area contributed by atoms with Crippen LogP contribution in [0.25, 0.3) is 0 Å². The summed E-state index contributed by atoms with van der Waals surface area (Å²) in [7, 11) is 3.99. The third-order valence-electron chi connectivity index (χ3n) is 3.29. The monoisotopic (exact) mass is 361 g/mol. The van der Waals surface area contributed by atoms with Gasteiger partial charge in [0.05, 0.1) is 6.54 Å². The highest BCUT2D eigenvalue weighted by Crippen LogP contribution is 2.20. The highest BCUT2D eigenvalue weighted by Gasteiger charge is 2.04. The molecule has 2 aromatic rings. The van der Waals surface area contributed by atoms with Gasteiger partial charge in [0.2, 0.25) is 5.91 Å². The number of hydrogen-bond acceptors (Lipinski definition) is 3. The summed E-state index contributed by atoms with van der Waals surface area (Å²) in [6.07, 6.45) is 0. The van der Waals surface area contributed by atoms with Crippen LogP contribution >= 0.6 is 15.9 Å². The van der Waals surface area contributed by atoms with Crippen LogP contribution in [0.5, 0.6) is 0 Å². The van der Waals surface area contributed by atoms with Gasteiger partial charge >= 0.3 is 0 Å². The van der Waals surface area contributed by atoms with E-state index in [0.717, 1.165) is 27.1 Å². The van der Waals surface area contributed by atoms with Crippen molar-refractivity contribution in [2.75, 3.05) is 36.2 Å². The highest BCUT2D eigenvalue weighted by molar-refractivity contribution is 9.10. The number of hydrogen-bond donors (Lipinski definition) is 2. The average molecular weight is 362 g/mol. The Morgan fingerprint density at radius 1 is 1.09 bits per heavy atom. The summed E-state index contributed by atoms with van der Waals surface area (Å²) in [6.45, 7) is 2.24. The van der Waals surface area contributed by atoms with Crippen molar-refractivity contribution in [3.05, 3.63) is 52.5 Å². The van der Waals surface area contributed by atoms with Crippen LogP contribution in [0, 0.1) is 6.92 Å². The fourth-order valence-corrected chi connectivity index (χ4v) is 2.31. The SMILES string of the molecule is Cc1ccc(NC(=O)CNc2ccc(N(C)C)cc2)cc1Br. The number of amides is 1. The fourth-order valence-electron chi connectivity index (χ4n) is 1.94. The molecule has 4 nitrogen and oxygen atoms in total. The van der Waals surface area contributed by atoms with E-state index in [4.69, 9.17) is 0 Å². The van der Waals surface area contributed by atoms with Crippen molar-refractivity contribution in [3.63, 3.8) is 0 Å². The van der Waals surface area contributed by atoms with Crippen molar-refractivity contribution in [2.24, 2.45) is 0 Å². The maximum Gasteiger partial charge on any atom is 0.243 e. The number of carbonyl (C=O) groups excluding carboxylic acids is 1. The Hall–Kier alpha value is -2.01. The lowest BCUT2D eigenvalue weighted by molar-refractivity contribution is -0.114. The molecule has 0 bridgehead atoms. The lowest BCUT2D eigenvalue weighted by Gasteiger charge is -2.13. The smallest absolute Gasteiger partial charge is 0.243 e. The van der Waals surface area contributed by atoms with E-state index in [1.165, 1.54) is 0 Å². The zero-order valence-corrected chi connectivity index (χ0v) is 14.6. The Bertz CT molecular complexity index is 653. The molecule has 0 heterocycles. The molecule has 0 aromatic heterocycles. The maximum absolute atomic E-state index is 12.0. The molecule has 2 aromatic carbocycles. The molecule has 0 aliphatic heterocycles. The van der Waals surface area contributed by atoms with Gasteiger partial charge in [-0.1, -0.05) is 22.0 Å². The first-order chi connectivity index (χ1) is 10.5. The average Bonchev–Trinajstić information content (AvgIpc) is 2.49. The van der Waals surface area contributed by atoms with E-state index in [9.17, 15) is 4.79 Å². The Balaban J connectivity index is 1.88. The van der Waals surface area contributed by atoms with Crippen molar-refractivity contribution < 1.29 is 4.79 Å². The van der Waals surface area contributed by atoms with E-state index < -0.39 is 0 Å². The predicted octanol–water partition coefficient (Wildman–Crippen LogP) is 3.87. The van der Waals surface area contributed by atoms with Crippen LogP contribution in [0.3, 0.4) is 0 Å². The summed E-state index contributed by atoms with van der Waals surface area (Å²) in [5.74, 6) is -0.0764. The van der Waals surface area contributed by atoms with Gasteiger partial charge in [-0.15, -0.1) is 0 Å². The molecule has 0 unspecified atom stereocenters. The number of benzene rings is 2. The number of nitrogens with zero attached hydrogens (tertiary/aromatic N) is 1. The minimum absolute atomic E-state index is 0.0764. The topological polar surface area (TPSA) is 44.4 Å². The number of aryl methyl sites for hydroxylation is 1. The van der Waals surface area contributed by atoms with E-state index in [2.05, 4.69) is 26.6 Å². The normalized spacial score (nSPS) is 10.2. The van der Waals surface area contributed by atoms with Crippen molar-refractivity contribution >= 4 is 38.9 Å². The quantitative estimate of drug-likeness (QED) is 0.849. The Labute approximate surface area is 139 Å². The second-order valence-corrected chi connectivity index (χ2v) is 6.16. The fraction of sp³-hybridized carbons (Fsp3) is 0.235. The van der Waals surface area contributed by atoms with E-state index in [-0.39, 0.29) is 12.5 Å². The highest BCUT2D eigenvalue weighted by atomic mass is 79.9. The molecular weight excluding hydrogens is 342 g/mol. The van der Waals surface area contributed by atoms with E-state index in [0.29, 0.717) is 0 Å². The Kier molecular flexibility index (Phi) is 5.44. The van der Waals surface area contributed by atoms with Crippen molar-refractivity contribution in [2.45, 2.75) is 6.92 Å². The van der Waals surface area contributed by atoms with Gasteiger partial charge in [-0.25, -0.2) is 0 Å². The minimum atomic E-state index is -0.0764. The van der Waals surface area contributed by atoms with E-state index >= 15 is 0 Å². The third-order valence-corrected chi connectivity index (χ3v) is 4.15. The van der Waals surface area contributed by atoms with Gasteiger partial charge < -0.3 is 15.5 Å². The summed E-state index contributed by atoms with van der Waals surface area (Å²) in [5.41, 5.74) is 3.97. The molecule has 22 heavy (non-hydrogen) atoms. The second-order valence-electron chi connectivity index (χ2n) is 5.31. The molecule has 0 radical (unpaired) electrons. The molecule has 0 spiro atoms. The first kappa shape index (κ1) is 16.4. The number of nitrogens with one attached hydrogen (secondary N) is 2. The Morgan fingerprint density at radius 2 is 1.73 bits per heavy atom. The minimum Gasteiger partial charge on any atom is -0.378 e. The molecule has 116 valence electrons. The van der Waals surface area contributed by atoms with Crippen molar-refractivity contribution in [1.29, 1.82) is 0 Å². The number of anilines is 3. The van der Waals surface area contributed by atoms with Gasteiger partial charge in [0, 0.05) is 35.6 Å². The van der Waals surface area contributed by atoms with Crippen LogP contribution in [-0.2, 0) is 4.79 Å². The number of halogens is 1. The molecule has 2 N–H and O–H groups in total.